The number of morpholine rings is 1. The van der Waals surface area contributed by atoms with Crippen LogP contribution in [0.25, 0.3) is 0 Å². The topological polar surface area (TPSA) is 122 Å². The van der Waals surface area contributed by atoms with Gasteiger partial charge in [-0.2, -0.15) is 0 Å². The van der Waals surface area contributed by atoms with Crippen molar-refractivity contribution in [3.8, 4) is 0 Å². The van der Waals surface area contributed by atoms with Gasteiger partial charge in [0.1, 0.15) is 11.9 Å². The molecule has 0 spiro atoms. The van der Waals surface area contributed by atoms with E-state index in [1.54, 1.807) is 6.20 Å². The molecule has 1 aromatic heterocycles. The van der Waals surface area contributed by atoms with E-state index in [9.17, 15) is 17.6 Å². The van der Waals surface area contributed by atoms with Gasteiger partial charge in [0.25, 0.3) is 0 Å². The minimum absolute atomic E-state index is 0.0787. The third-order valence-electron chi connectivity index (χ3n) is 6.82. The lowest BCUT2D eigenvalue weighted by Crippen LogP contribution is -2.61. The number of ether oxygens (including phenoxy) is 2. The summed E-state index contributed by atoms with van der Waals surface area (Å²) in [5, 5.41) is 5.88. The molecule has 0 saturated carbocycles. The standard InChI is InChI=1S/C24H27ClFN5O5S2/c1-35-24(32)20-19(10-31-15-8-14(30-38(2,33)34)9-16(31)12-36-11-15)28-22(23-27-5-6-37-23)29-21(20)17-4-3-13(26)7-18(17)25/h3-7,14-16,21,30H,8-12H2,1-2H3,(H,28,29)/t14?,15-,16+,21-/m0/s1. The van der Waals surface area contributed by atoms with Gasteiger partial charge in [0.15, 0.2) is 10.8 Å². The molecule has 1 unspecified atom stereocenters. The van der Waals surface area contributed by atoms with Gasteiger partial charge in [-0.15, -0.1) is 11.3 Å². The highest BCUT2D eigenvalue weighted by molar-refractivity contribution is 7.88. The molecule has 204 valence electrons. The number of esters is 1. The Morgan fingerprint density at radius 2 is 2.08 bits per heavy atom. The van der Waals surface area contributed by atoms with Crippen molar-refractivity contribution in [3.05, 3.63) is 62.5 Å². The Balaban J connectivity index is 1.54. The minimum Gasteiger partial charge on any atom is -0.466 e. The monoisotopic (exact) mass is 583 g/mol. The Labute approximate surface area is 228 Å². The van der Waals surface area contributed by atoms with E-state index in [0.29, 0.717) is 54.7 Å². The summed E-state index contributed by atoms with van der Waals surface area (Å²) >= 11 is 7.82. The maximum Gasteiger partial charge on any atom is 0.338 e. The third-order valence-corrected chi connectivity index (χ3v) is 8.69. The second-order valence-electron chi connectivity index (χ2n) is 9.47. The highest BCUT2D eigenvalue weighted by Crippen LogP contribution is 2.38. The molecule has 0 aliphatic carbocycles. The number of carbonyl (C=O) groups excluding carboxylic acids is 1. The quantitative estimate of drug-likeness (QED) is 0.476. The molecule has 2 saturated heterocycles. The zero-order chi connectivity index (χ0) is 27.0. The van der Waals surface area contributed by atoms with E-state index in [1.807, 2.05) is 5.38 Å². The van der Waals surface area contributed by atoms with Crippen molar-refractivity contribution in [3.63, 3.8) is 0 Å². The van der Waals surface area contributed by atoms with Crippen LogP contribution in [0, 0.1) is 5.82 Å². The number of carbonyl (C=O) groups is 1. The van der Waals surface area contributed by atoms with E-state index in [1.165, 1.54) is 36.6 Å². The van der Waals surface area contributed by atoms with Crippen LogP contribution in [0.1, 0.15) is 29.5 Å². The van der Waals surface area contributed by atoms with Gasteiger partial charge in [0, 0.05) is 52.5 Å². The molecule has 2 fully saturated rings. The molecule has 5 rings (SSSR count). The van der Waals surface area contributed by atoms with Crippen LogP contribution in [-0.4, -0.2) is 81.4 Å². The van der Waals surface area contributed by atoms with Gasteiger partial charge in [0.2, 0.25) is 10.0 Å². The lowest BCUT2D eigenvalue weighted by Gasteiger charge is -2.49. The molecule has 2 N–H and O–H groups in total. The lowest BCUT2D eigenvalue weighted by molar-refractivity contribution is -0.136. The van der Waals surface area contributed by atoms with E-state index in [0.717, 1.165) is 6.26 Å². The van der Waals surface area contributed by atoms with E-state index >= 15 is 0 Å². The predicted octanol–water partition coefficient (Wildman–Crippen LogP) is 2.23. The number of benzene rings is 1. The third kappa shape index (κ3) is 5.77. The highest BCUT2D eigenvalue weighted by Gasteiger charge is 2.42. The van der Waals surface area contributed by atoms with Crippen LogP contribution in [0.2, 0.25) is 5.02 Å². The summed E-state index contributed by atoms with van der Waals surface area (Å²) in [6.45, 7) is 1.19. The molecule has 10 nitrogen and oxygen atoms in total. The number of aromatic nitrogens is 1. The number of thiazole rings is 1. The maximum absolute atomic E-state index is 13.9. The average molecular weight is 584 g/mol. The number of halogens is 2. The molecular formula is C24H27ClFN5O5S2. The van der Waals surface area contributed by atoms with Gasteiger partial charge in [-0.25, -0.2) is 27.3 Å². The van der Waals surface area contributed by atoms with Gasteiger partial charge < -0.3 is 14.8 Å². The van der Waals surface area contributed by atoms with Crippen molar-refractivity contribution < 1.29 is 27.1 Å². The number of amidine groups is 1. The number of hydrogen-bond acceptors (Lipinski definition) is 10. The summed E-state index contributed by atoms with van der Waals surface area (Å²) in [4.78, 5) is 24.6. The van der Waals surface area contributed by atoms with Crippen molar-refractivity contribution in [2.24, 2.45) is 4.99 Å². The van der Waals surface area contributed by atoms with Crippen LogP contribution in [0.5, 0.6) is 0 Å². The van der Waals surface area contributed by atoms with Crippen LogP contribution >= 0.6 is 22.9 Å². The van der Waals surface area contributed by atoms with Crippen LogP contribution in [0.4, 0.5) is 4.39 Å². The van der Waals surface area contributed by atoms with E-state index in [-0.39, 0.29) is 28.7 Å². The molecular weight excluding hydrogens is 557 g/mol. The second kappa shape index (κ2) is 11.0. The summed E-state index contributed by atoms with van der Waals surface area (Å²) in [5.74, 6) is -0.628. The Morgan fingerprint density at radius 1 is 1.34 bits per heavy atom. The molecule has 14 heteroatoms. The Hall–Kier alpha value is -2.42. The summed E-state index contributed by atoms with van der Waals surface area (Å²) in [7, 11) is -2.06. The first kappa shape index (κ1) is 27.2. The molecule has 0 amide bonds. The van der Waals surface area contributed by atoms with Crippen molar-refractivity contribution in [2.45, 2.75) is 37.0 Å². The van der Waals surface area contributed by atoms with Gasteiger partial charge in [-0.3, -0.25) is 9.89 Å². The zero-order valence-electron chi connectivity index (χ0n) is 20.7. The SMILES string of the molecule is COC(=O)C1=C(CN2[C@@H]3COC[C@H]2CC(NS(C)(=O)=O)C3)NC(c2nccs2)=N[C@H]1c1ccc(F)cc1Cl. The first-order valence-electron chi connectivity index (χ1n) is 11.9. The number of fused-ring (bicyclic) bond motifs is 2. The van der Waals surface area contributed by atoms with Gasteiger partial charge in [-0.1, -0.05) is 17.7 Å². The Kier molecular flexibility index (Phi) is 7.85. The van der Waals surface area contributed by atoms with Gasteiger partial charge in [-0.05, 0) is 25.0 Å². The highest BCUT2D eigenvalue weighted by atomic mass is 35.5. The van der Waals surface area contributed by atoms with Crippen molar-refractivity contribution in [1.82, 2.24) is 19.9 Å². The fraction of sp³-hybridized carbons (Fsp3) is 0.458. The number of hydrogen-bond donors (Lipinski definition) is 2. The Morgan fingerprint density at radius 3 is 2.68 bits per heavy atom. The molecule has 38 heavy (non-hydrogen) atoms. The number of piperidine rings is 1. The number of aliphatic imine (C=N–C) groups is 1. The van der Waals surface area contributed by atoms with Crippen molar-refractivity contribution >= 4 is 44.8 Å². The summed E-state index contributed by atoms with van der Waals surface area (Å²) in [5.41, 5.74) is 1.28. The molecule has 2 aromatic rings. The minimum atomic E-state index is -3.35. The first-order chi connectivity index (χ1) is 18.1. The number of rotatable bonds is 7. The van der Waals surface area contributed by atoms with Crippen LogP contribution in [0.3, 0.4) is 0 Å². The van der Waals surface area contributed by atoms with Gasteiger partial charge >= 0.3 is 5.97 Å². The molecule has 4 heterocycles. The zero-order valence-corrected chi connectivity index (χ0v) is 23.1. The summed E-state index contributed by atoms with van der Waals surface area (Å²) in [6, 6.07) is 2.76. The van der Waals surface area contributed by atoms with Crippen LogP contribution in [0.15, 0.2) is 46.0 Å². The number of sulfonamides is 1. The predicted molar refractivity (Wildman–Crippen MR) is 141 cm³/mol. The molecule has 4 atom stereocenters. The number of methoxy groups -OCH3 is 1. The first-order valence-corrected chi connectivity index (χ1v) is 15.1. The fourth-order valence-electron chi connectivity index (χ4n) is 5.30. The van der Waals surface area contributed by atoms with E-state index in [4.69, 9.17) is 26.1 Å². The van der Waals surface area contributed by atoms with Crippen molar-refractivity contribution in [2.75, 3.05) is 33.1 Å². The summed E-state index contributed by atoms with van der Waals surface area (Å²) in [6.07, 6.45) is 3.94. The van der Waals surface area contributed by atoms with Crippen molar-refractivity contribution in [1.29, 1.82) is 0 Å². The lowest BCUT2D eigenvalue weighted by atomic mass is 9.89. The summed E-state index contributed by atoms with van der Waals surface area (Å²) < 4.78 is 51.3. The second-order valence-corrected chi connectivity index (χ2v) is 12.5. The fourth-order valence-corrected chi connectivity index (χ4v) is 6.95. The molecule has 2 bridgehead atoms. The molecule has 3 aliphatic rings. The average Bonchev–Trinajstić information content (AvgIpc) is 3.38. The van der Waals surface area contributed by atoms with E-state index in [2.05, 4.69) is 19.9 Å². The molecule has 1 aromatic carbocycles. The number of nitrogens with one attached hydrogen (secondary N) is 2. The van der Waals surface area contributed by atoms with Crippen LogP contribution < -0.4 is 10.0 Å². The van der Waals surface area contributed by atoms with E-state index < -0.39 is 27.9 Å². The largest absolute Gasteiger partial charge is 0.466 e. The maximum atomic E-state index is 13.9. The van der Waals surface area contributed by atoms with Crippen LogP contribution in [-0.2, 0) is 24.3 Å². The number of nitrogens with zero attached hydrogens (tertiary/aromatic N) is 3. The van der Waals surface area contributed by atoms with Gasteiger partial charge in [0.05, 0.1) is 32.2 Å². The smallest absolute Gasteiger partial charge is 0.338 e. The molecule has 0 radical (unpaired) electrons. The Bertz CT molecular complexity index is 1370. The normalized spacial score (nSPS) is 26.1. The molecule has 3 aliphatic heterocycles.